The van der Waals surface area contributed by atoms with Crippen molar-refractivity contribution >= 4 is 11.8 Å². The van der Waals surface area contributed by atoms with Crippen molar-refractivity contribution in [1.82, 2.24) is 5.32 Å². The second-order valence-corrected chi connectivity index (χ2v) is 3.59. The molecule has 0 saturated heterocycles. The fourth-order valence-electron chi connectivity index (χ4n) is 1.84. The minimum Gasteiger partial charge on any atom is -0.389 e. The Balaban J connectivity index is 2.12. The molecule has 2 amide bonds. The summed E-state index contributed by atoms with van der Waals surface area (Å²) in [6.45, 7) is 0. The van der Waals surface area contributed by atoms with Crippen LogP contribution in [0.3, 0.4) is 0 Å². The maximum Gasteiger partial charge on any atom is 0.250 e. The van der Waals surface area contributed by atoms with Crippen LogP contribution in [-0.2, 0) is 9.59 Å². The van der Waals surface area contributed by atoms with Gasteiger partial charge in [-0.05, 0) is 12.3 Å². The molecule has 0 bridgehead atoms. The van der Waals surface area contributed by atoms with Crippen molar-refractivity contribution in [3.63, 3.8) is 0 Å². The van der Waals surface area contributed by atoms with Gasteiger partial charge in [-0.2, -0.15) is 0 Å². The summed E-state index contributed by atoms with van der Waals surface area (Å²) in [7, 11) is 0. The second kappa shape index (κ2) is 3.38. The number of hydrogen-bond donors (Lipinski definition) is 2. The van der Waals surface area contributed by atoms with Gasteiger partial charge < -0.3 is 5.11 Å². The predicted octanol–water partition coefficient (Wildman–Crippen LogP) is -0.248. The highest BCUT2D eigenvalue weighted by molar-refractivity contribution is 6.05. The Morgan fingerprint density at radius 3 is 2.64 bits per heavy atom. The van der Waals surface area contributed by atoms with Crippen LogP contribution in [0.1, 0.15) is 6.42 Å². The molecule has 0 aromatic carbocycles. The molecule has 4 nitrogen and oxygen atoms in total. The lowest BCUT2D eigenvalue weighted by molar-refractivity contribution is -0.131. The Kier molecular flexibility index (Phi) is 2.21. The van der Waals surface area contributed by atoms with E-state index in [1.807, 2.05) is 6.08 Å². The molecule has 1 unspecified atom stereocenters. The molecule has 1 aliphatic heterocycles. The van der Waals surface area contributed by atoms with E-state index in [9.17, 15) is 14.7 Å². The SMILES string of the molecule is O=C1C=CC([C@H]2C=C[C@@H](O)C2)C(=O)N1. The Bertz CT molecular complexity index is 332. The number of rotatable bonds is 1. The lowest BCUT2D eigenvalue weighted by atomic mass is 9.89. The fourth-order valence-corrected chi connectivity index (χ4v) is 1.84. The van der Waals surface area contributed by atoms with E-state index in [0.717, 1.165) is 0 Å². The third-order valence-electron chi connectivity index (χ3n) is 2.56. The van der Waals surface area contributed by atoms with Crippen LogP contribution >= 0.6 is 0 Å². The molecule has 0 aromatic heterocycles. The number of aliphatic hydroxyl groups excluding tert-OH is 1. The molecule has 3 atom stereocenters. The molecular formula is C10H11NO3. The molecule has 0 fully saturated rings. The molecule has 2 rings (SSSR count). The summed E-state index contributed by atoms with van der Waals surface area (Å²) >= 11 is 0. The monoisotopic (exact) mass is 193 g/mol. The van der Waals surface area contributed by atoms with Crippen molar-refractivity contribution in [2.75, 3.05) is 0 Å². The van der Waals surface area contributed by atoms with Gasteiger partial charge in [0.25, 0.3) is 0 Å². The number of hydrogen-bond acceptors (Lipinski definition) is 3. The Morgan fingerprint density at radius 1 is 1.29 bits per heavy atom. The van der Waals surface area contributed by atoms with E-state index in [1.54, 1.807) is 12.2 Å². The van der Waals surface area contributed by atoms with Crippen LogP contribution in [-0.4, -0.2) is 23.0 Å². The van der Waals surface area contributed by atoms with Crippen molar-refractivity contribution in [1.29, 1.82) is 0 Å². The van der Waals surface area contributed by atoms with Crippen LogP contribution in [0.2, 0.25) is 0 Å². The quantitative estimate of drug-likeness (QED) is 0.446. The average molecular weight is 193 g/mol. The minimum absolute atomic E-state index is 0.00866. The lowest BCUT2D eigenvalue weighted by Crippen LogP contribution is -2.40. The zero-order chi connectivity index (χ0) is 10.1. The van der Waals surface area contributed by atoms with E-state index in [0.29, 0.717) is 6.42 Å². The maximum absolute atomic E-state index is 11.4. The lowest BCUT2D eigenvalue weighted by Gasteiger charge is -2.20. The van der Waals surface area contributed by atoms with Crippen LogP contribution in [0.15, 0.2) is 24.3 Å². The molecule has 14 heavy (non-hydrogen) atoms. The highest BCUT2D eigenvalue weighted by Gasteiger charge is 2.31. The zero-order valence-electron chi connectivity index (χ0n) is 7.51. The summed E-state index contributed by atoms with van der Waals surface area (Å²) in [6, 6.07) is 0. The summed E-state index contributed by atoms with van der Waals surface area (Å²) in [5.41, 5.74) is 0. The molecular weight excluding hydrogens is 182 g/mol. The van der Waals surface area contributed by atoms with E-state index in [1.165, 1.54) is 6.08 Å². The number of carbonyl (C=O) groups is 2. The Hall–Kier alpha value is -1.42. The van der Waals surface area contributed by atoms with E-state index < -0.39 is 6.10 Å². The van der Waals surface area contributed by atoms with Crippen molar-refractivity contribution in [2.45, 2.75) is 12.5 Å². The molecule has 0 aromatic rings. The van der Waals surface area contributed by atoms with E-state index in [-0.39, 0.29) is 23.7 Å². The largest absolute Gasteiger partial charge is 0.389 e. The van der Waals surface area contributed by atoms with Gasteiger partial charge >= 0.3 is 0 Å². The predicted molar refractivity (Wildman–Crippen MR) is 49.0 cm³/mol. The van der Waals surface area contributed by atoms with E-state index in [4.69, 9.17) is 0 Å². The van der Waals surface area contributed by atoms with Gasteiger partial charge in [-0.15, -0.1) is 0 Å². The molecule has 74 valence electrons. The van der Waals surface area contributed by atoms with Crippen LogP contribution in [0.4, 0.5) is 0 Å². The van der Waals surface area contributed by atoms with Crippen molar-refractivity contribution in [2.24, 2.45) is 11.8 Å². The van der Waals surface area contributed by atoms with Gasteiger partial charge in [-0.3, -0.25) is 14.9 Å². The standard InChI is InChI=1S/C10H11NO3/c12-7-2-1-6(5-7)8-3-4-9(13)11-10(8)14/h1-4,6-8,12H,5H2,(H,11,13,14)/t6-,7+,8?/m0/s1. The number of carbonyl (C=O) groups excluding carboxylic acids is 2. The summed E-state index contributed by atoms with van der Waals surface area (Å²) in [4.78, 5) is 22.2. The molecule has 2 aliphatic rings. The summed E-state index contributed by atoms with van der Waals surface area (Å²) < 4.78 is 0. The minimum atomic E-state index is -0.459. The first-order valence-corrected chi connectivity index (χ1v) is 4.56. The molecule has 1 aliphatic carbocycles. The first kappa shape index (κ1) is 9.15. The van der Waals surface area contributed by atoms with Crippen molar-refractivity contribution < 1.29 is 14.7 Å². The van der Waals surface area contributed by atoms with Crippen LogP contribution in [0.25, 0.3) is 0 Å². The van der Waals surface area contributed by atoms with Crippen molar-refractivity contribution in [3.8, 4) is 0 Å². The van der Waals surface area contributed by atoms with E-state index in [2.05, 4.69) is 5.32 Å². The highest BCUT2D eigenvalue weighted by atomic mass is 16.3. The van der Waals surface area contributed by atoms with Crippen molar-refractivity contribution in [3.05, 3.63) is 24.3 Å². The topological polar surface area (TPSA) is 66.4 Å². The van der Waals surface area contributed by atoms with Crippen LogP contribution in [0, 0.1) is 11.8 Å². The normalized spacial score (nSPS) is 36.2. The second-order valence-electron chi connectivity index (χ2n) is 3.59. The Morgan fingerprint density at radius 2 is 2.07 bits per heavy atom. The van der Waals surface area contributed by atoms with Gasteiger partial charge in [0.05, 0.1) is 12.0 Å². The van der Waals surface area contributed by atoms with Gasteiger partial charge in [0.15, 0.2) is 0 Å². The number of amides is 2. The highest BCUT2D eigenvalue weighted by Crippen LogP contribution is 2.27. The molecule has 4 heteroatoms. The van der Waals surface area contributed by atoms with Gasteiger partial charge in [-0.25, -0.2) is 0 Å². The Labute approximate surface area is 81.3 Å². The van der Waals surface area contributed by atoms with Crippen LogP contribution in [0.5, 0.6) is 0 Å². The third kappa shape index (κ3) is 1.61. The average Bonchev–Trinajstić information content (AvgIpc) is 2.51. The first-order chi connectivity index (χ1) is 6.66. The zero-order valence-corrected chi connectivity index (χ0v) is 7.51. The smallest absolute Gasteiger partial charge is 0.250 e. The number of nitrogens with one attached hydrogen (secondary N) is 1. The number of imide groups is 1. The summed E-state index contributed by atoms with van der Waals surface area (Å²) in [6.07, 6.45) is 6.58. The molecule has 0 saturated carbocycles. The maximum atomic E-state index is 11.4. The van der Waals surface area contributed by atoms with E-state index >= 15 is 0 Å². The molecule has 2 N–H and O–H groups in total. The number of aliphatic hydroxyl groups is 1. The molecule has 1 heterocycles. The first-order valence-electron chi connectivity index (χ1n) is 4.56. The molecule has 0 radical (unpaired) electrons. The van der Waals surface area contributed by atoms with Gasteiger partial charge in [0.2, 0.25) is 11.8 Å². The third-order valence-corrected chi connectivity index (χ3v) is 2.56. The summed E-state index contributed by atoms with van der Waals surface area (Å²) in [5.74, 6) is -0.953. The van der Waals surface area contributed by atoms with Crippen LogP contribution < -0.4 is 5.32 Å². The van der Waals surface area contributed by atoms with Gasteiger partial charge in [-0.1, -0.05) is 18.2 Å². The van der Waals surface area contributed by atoms with Gasteiger partial charge in [0, 0.05) is 6.08 Å². The number of allylic oxidation sites excluding steroid dienone is 1. The molecule has 0 spiro atoms. The fraction of sp³-hybridized carbons (Fsp3) is 0.400. The van der Waals surface area contributed by atoms with Gasteiger partial charge in [0.1, 0.15) is 0 Å². The summed E-state index contributed by atoms with van der Waals surface area (Å²) in [5, 5.41) is 11.5.